The quantitative estimate of drug-likeness (QED) is 0.696. The molecule has 0 fully saturated rings. The third-order valence-corrected chi connectivity index (χ3v) is 4.03. The molecule has 0 aliphatic rings. The first-order valence-corrected chi connectivity index (χ1v) is 8.04. The number of H-pyrrole nitrogens is 1. The largest absolute Gasteiger partial charge is 0.332 e. The maximum atomic E-state index is 11.9. The van der Waals surface area contributed by atoms with E-state index in [1.165, 1.54) is 11.8 Å². The van der Waals surface area contributed by atoms with Crippen molar-refractivity contribution >= 4 is 57.7 Å². The van der Waals surface area contributed by atoms with E-state index in [2.05, 4.69) is 20.3 Å². The number of hydrogen-bond acceptors (Lipinski definition) is 4. The molecule has 112 valence electrons. The molecule has 0 radical (unpaired) electrons. The van der Waals surface area contributed by atoms with Gasteiger partial charge in [-0.15, -0.1) is 0 Å². The van der Waals surface area contributed by atoms with Gasteiger partial charge in [0.15, 0.2) is 10.8 Å². The summed E-state index contributed by atoms with van der Waals surface area (Å²) in [5.41, 5.74) is 2.04. The van der Waals surface area contributed by atoms with Gasteiger partial charge in [0.1, 0.15) is 0 Å². The van der Waals surface area contributed by atoms with E-state index < -0.39 is 0 Å². The Morgan fingerprint density at radius 3 is 2.77 bits per heavy atom. The van der Waals surface area contributed by atoms with Gasteiger partial charge in [-0.3, -0.25) is 4.79 Å². The molecule has 3 aromatic rings. The third kappa shape index (κ3) is 3.71. The smallest absolute Gasteiger partial charge is 0.234 e. The van der Waals surface area contributed by atoms with Crippen LogP contribution in [-0.4, -0.2) is 26.6 Å². The van der Waals surface area contributed by atoms with Crippen molar-refractivity contribution in [2.75, 3.05) is 11.1 Å². The Balaban J connectivity index is 1.62. The number of pyridine rings is 1. The van der Waals surface area contributed by atoms with Gasteiger partial charge in [0.2, 0.25) is 5.91 Å². The maximum absolute atomic E-state index is 11.9. The Morgan fingerprint density at radius 2 is 2.05 bits per heavy atom. The van der Waals surface area contributed by atoms with E-state index >= 15 is 0 Å². The van der Waals surface area contributed by atoms with Crippen LogP contribution in [0.5, 0.6) is 0 Å². The minimum absolute atomic E-state index is 0.170. The zero-order valence-electron chi connectivity index (χ0n) is 11.1. The summed E-state index contributed by atoms with van der Waals surface area (Å²) in [5.74, 6) is 0.0426. The standard InChI is InChI=1S/C14H10Cl2N4OS/c15-8-4-9(16)6-10(5-8)18-12(21)7-22-14-19-11-2-1-3-17-13(11)20-14/h1-6H,7H2,(H,18,21)(H,17,19,20). The van der Waals surface area contributed by atoms with Gasteiger partial charge in [-0.05, 0) is 30.3 Å². The lowest BCUT2D eigenvalue weighted by atomic mass is 10.3. The molecule has 0 bridgehead atoms. The fraction of sp³-hybridized carbons (Fsp3) is 0.0714. The molecule has 3 rings (SSSR count). The fourth-order valence-electron chi connectivity index (χ4n) is 1.85. The molecule has 1 amide bonds. The highest BCUT2D eigenvalue weighted by Crippen LogP contribution is 2.23. The Morgan fingerprint density at radius 1 is 1.27 bits per heavy atom. The molecule has 0 aliphatic carbocycles. The molecular formula is C14H10Cl2N4OS. The molecular weight excluding hydrogens is 343 g/mol. The molecule has 2 aromatic heterocycles. The number of anilines is 1. The summed E-state index contributed by atoms with van der Waals surface area (Å²) in [6.07, 6.45) is 1.67. The molecule has 0 spiro atoms. The van der Waals surface area contributed by atoms with Crippen LogP contribution in [0.3, 0.4) is 0 Å². The number of imidazole rings is 1. The predicted molar refractivity (Wildman–Crippen MR) is 89.7 cm³/mol. The van der Waals surface area contributed by atoms with Crippen LogP contribution < -0.4 is 5.32 Å². The van der Waals surface area contributed by atoms with Crippen LogP contribution in [0.2, 0.25) is 10.0 Å². The average Bonchev–Trinajstić information content (AvgIpc) is 2.87. The predicted octanol–water partition coefficient (Wildman–Crippen LogP) is 4.00. The van der Waals surface area contributed by atoms with Crippen molar-refractivity contribution in [3.8, 4) is 0 Å². The van der Waals surface area contributed by atoms with E-state index in [-0.39, 0.29) is 11.7 Å². The monoisotopic (exact) mass is 352 g/mol. The van der Waals surface area contributed by atoms with Crippen LogP contribution in [-0.2, 0) is 4.79 Å². The number of fused-ring (bicyclic) bond motifs is 1. The molecule has 0 saturated heterocycles. The lowest BCUT2D eigenvalue weighted by Gasteiger charge is -2.05. The van der Waals surface area contributed by atoms with E-state index in [0.717, 1.165) is 5.52 Å². The van der Waals surface area contributed by atoms with Gasteiger partial charge in [-0.1, -0.05) is 35.0 Å². The average molecular weight is 353 g/mol. The van der Waals surface area contributed by atoms with Crippen LogP contribution in [0.25, 0.3) is 11.2 Å². The van der Waals surface area contributed by atoms with Crippen LogP contribution in [0.4, 0.5) is 5.69 Å². The van der Waals surface area contributed by atoms with Crippen molar-refractivity contribution < 1.29 is 4.79 Å². The van der Waals surface area contributed by atoms with E-state index in [0.29, 0.717) is 26.5 Å². The molecule has 8 heteroatoms. The van der Waals surface area contributed by atoms with Gasteiger partial charge in [-0.2, -0.15) is 0 Å². The van der Waals surface area contributed by atoms with Crippen molar-refractivity contribution in [2.24, 2.45) is 0 Å². The maximum Gasteiger partial charge on any atom is 0.234 e. The summed E-state index contributed by atoms with van der Waals surface area (Å²) in [6.45, 7) is 0. The van der Waals surface area contributed by atoms with Gasteiger partial charge in [0.25, 0.3) is 0 Å². The fourth-order valence-corrected chi connectivity index (χ4v) is 3.05. The number of halogens is 2. The lowest BCUT2D eigenvalue weighted by molar-refractivity contribution is -0.113. The van der Waals surface area contributed by atoms with Crippen molar-refractivity contribution in [3.05, 3.63) is 46.6 Å². The number of aromatic nitrogens is 3. The summed E-state index contributed by atoms with van der Waals surface area (Å²) < 4.78 is 0. The van der Waals surface area contributed by atoms with E-state index in [9.17, 15) is 4.79 Å². The molecule has 0 saturated carbocycles. The van der Waals surface area contributed by atoms with Crippen molar-refractivity contribution in [1.82, 2.24) is 15.0 Å². The molecule has 5 nitrogen and oxygen atoms in total. The lowest BCUT2D eigenvalue weighted by Crippen LogP contribution is -2.14. The van der Waals surface area contributed by atoms with Crippen molar-refractivity contribution in [1.29, 1.82) is 0 Å². The molecule has 0 unspecified atom stereocenters. The molecule has 0 atom stereocenters. The number of aromatic amines is 1. The molecule has 2 heterocycles. The van der Waals surface area contributed by atoms with Gasteiger partial charge < -0.3 is 10.3 Å². The summed E-state index contributed by atoms with van der Waals surface area (Å²) >= 11 is 13.1. The minimum atomic E-state index is -0.170. The summed E-state index contributed by atoms with van der Waals surface area (Å²) in [7, 11) is 0. The zero-order valence-corrected chi connectivity index (χ0v) is 13.5. The Hall–Kier alpha value is -1.76. The van der Waals surface area contributed by atoms with E-state index in [1.807, 2.05) is 12.1 Å². The van der Waals surface area contributed by atoms with Crippen molar-refractivity contribution in [2.45, 2.75) is 5.16 Å². The minimum Gasteiger partial charge on any atom is -0.332 e. The Bertz CT molecular complexity index is 783. The van der Waals surface area contributed by atoms with Crippen molar-refractivity contribution in [3.63, 3.8) is 0 Å². The number of thioether (sulfide) groups is 1. The number of carbonyl (C=O) groups is 1. The van der Waals surface area contributed by atoms with Gasteiger partial charge >= 0.3 is 0 Å². The summed E-state index contributed by atoms with van der Waals surface area (Å²) in [5, 5.41) is 4.33. The highest BCUT2D eigenvalue weighted by Gasteiger charge is 2.08. The number of rotatable bonds is 4. The second-order valence-electron chi connectivity index (χ2n) is 4.41. The first-order chi connectivity index (χ1) is 10.6. The summed E-state index contributed by atoms with van der Waals surface area (Å²) in [4.78, 5) is 23.5. The Labute approximate surface area is 140 Å². The number of benzene rings is 1. The highest BCUT2D eigenvalue weighted by atomic mass is 35.5. The molecule has 1 aromatic carbocycles. The number of nitrogens with zero attached hydrogens (tertiary/aromatic N) is 2. The number of carbonyl (C=O) groups excluding carboxylic acids is 1. The van der Waals surface area contributed by atoms with E-state index in [4.69, 9.17) is 23.2 Å². The van der Waals surface area contributed by atoms with E-state index in [1.54, 1.807) is 24.4 Å². The molecule has 2 N–H and O–H groups in total. The highest BCUT2D eigenvalue weighted by molar-refractivity contribution is 7.99. The second-order valence-corrected chi connectivity index (χ2v) is 6.25. The topological polar surface area (TPSA) is 70.7 Å². The number of amides is 1. The first-order valence-electron chi connectivity index (χ1n) is 6.29. The second kappa shape index (κ2) is 6.56. The summed E-state index contributed by atoms with van der Waals surface area (Å²) in [6, 6.07) is 8.59. The van der Waals surface area contributed by atoms with Crippen LogP contribution in [0, 0.1) is 0 Å². The third-order valence-electron chi connectivity index (χ3n) is 2.72. The van der Waals surface area contributed by atoms with Gasteiger partial charge in [0.05, 0.1) is 11.3 Å². The molecule has 22 heavy (non-hydrogen) atoms. The van der Waals surface area contributed by atoms with Gasteiger partial charge in [0, 0.05) is 21.9 Å². The SMILES string of the molecule is O=C(CSc1nc2ncccc2[nH]1)Nc1cc(Cl)cc(Cl)c1. The zero-order chi connectivity index (χ0) is 15.5. The normalized spacial score (nSPS) is 10.8. The van der Waals surface area contributed by atoms with Crippen LogP contribution in [0.1, 0.15) is 0 Å². The van der Waals surface area contributed by atoms with Gasteiger partial charge in [-0.25, -0.2) is 9.97 Å². The van der Waals surface area contributed by atoms with Crippen LogP contribution >= 0.6 is 35.0 Å². The number of nitrogens with one attached hydrogen (secondary N) is 2. The van der Waals surface area contributed by atoms with Crippen LogP contribution in [0.15, 0.2) is 41.7 Å². The Kier molecular flexibility index (Phi) is 4.52. The number of hydrogen-bond donors (Lipinski definition) is 2. The molecule has 0 aliphatic heterocycles. The first kappa shape index (κ1) is 15.1.